The molecule has 32 heavy (non-hydrogen) atoms. The number of carbonyl (C=O) groups is 3. The second-order valence-corrected chi connectivity index (χ2v) is 9.55. The first kappa shape index (κ1) is 22.9. The molecule has 0 N–H and O–H groups in total. The van der Waals surface area contributed by atoms with Gasteiger partial charge in [-0.1, -0.05) is 18.5 Å². The molecule has 6 atom stereocenters. The van der Waals surface area contributed by atoms with E-state index in [1.165, 1.54) is 19.4 Å². The van der Waals surface area contributed by atoms with Crippen LogP contribution in [0.4, 0.5) is 0 Å². The van der Waals surface area contributed by atoms with Crippen molar-refractivity contribution < 1.29 is 33.0 Å². The molecule has 2 saturated carbocycles. The highest BCUT2D eigenvalue weighted by molar-refractivity contribution is 6.25. The molecule has 0 unspecified atom stereocenters. The molecular formula is C24H29ClO7. The molecule has 0 bridgehead atoms. The highest BCUT2D eigenvalue weighted by Crippen LogP contribution is 2.67. The number of cyclic esters (lactones) is 1. The molecule has 7 nitrogen and oxygen atoms in total. The van der Waals surface area contributed by atoms with Crippen molar-refractivity contribution in [3.05, 3.63) is 35.3 Å². The van der Waals surface area contributed by atoms with Gasteiger partial charge in [-0.3, -0.25) is 14.4 Å². The average Bonchev–Trinajstić information content (AvgIpc) is 3.38. The van der Waals surface area contributed by atoms with Gasteiger partial charge in [0.1, 0.15) is 18.8 Å². The van der Waals surface area contributed by atoms with E-state index in [9.17, 15) is 14.4 Å². The number of fused-ring (bicyclic) bond motifs is 2. The van der Waals surface area contributed by atoms with Gasteiger partial charge in [0.2, 0.25) is 0 Å². The van der Waals surface area contributed by atoms with Crippen LogP contribution in [-0.4, -0.2) is 30.6 Å². The van der Waals surface area contributed by atoms with Crippen LogP contribution in [0.3, 0.4) is 0 Å². The molecule has 1 spiro atoms. The Hall–Kier alpha value is -2.28. The van der Waals surface area contributed by atoms with Crippen LogP contribution in [0.25, 0.3) is 0 Å². The second-order valence-electron chi connectivity index (χ2n) is 9.33. The van der Waals surface area contributed by atoms with E-state index in [1.54, 1.807) is 12.5 Å². The molecule has 4 rings (SSSR count). The van der Waals surface area contributed by atoms with Gasteiger partial charge in [0.25, 0.3) is 0 Å². The highest BCUT2D eigenvalue weighted by atomic mass is 35.5. The summed E-state index contributed by atoms with van der Waals surface area (Å²) < 4.78 is 22.5. The van der Waals surface area contributed by atoms with Gasteiger partial charge >= 0.3 is 17.9 Å². The Bertz CT molecular complexity index is 923. The zero-order valence-corrected chi connectivity index (χ0v) is 19.4. The van der Waals surface area contributed by atoms with E-state index in [4.69, 9.17) is 30.2 Å². The third-order valence-corrected chi connectivity index (χ3v) is 8.09. The van der Waals surface area contributed by atoms with Crippen LogP contribution in [0, 0.1) is 22.7 Å². The van der Waals surface area contributed by atoms with E-state index in [0.29, 0.717) is 25.7 Å². The van der Waals surface area contributed by atoms with E-state index in [1.807, 2.05) is 13.0 Å². The molecule has 1 aromatic rings. The van der Waals surface area contributed by atoms with Crippen LogP contribution in [0.5, 0.6) is 0 Å². The molecule has 0 radical (unpaired) electrons. The third kappa shape index (κ3) is 3.45. The maximum absolute atomic E-state index is 13.6. The molecule has 8 heteroatoms. The fourth-order valence-corrected chi connectivity index (χ4v) is 6.78. The number of furan rings is 1. The average molecular weight is 465 g/mol. The van der Waals surface area contributed by atoms with E-state index < -0.39 is 35.0 Å². The minimum absolute atomic E-state index is 0.00161. The van der Waals surface area contributed by atoms with Crippen molar-refractivity contribution in [3.63, 3.8) is 0 Å². The minimum atomic E-state index is -0.881. The Morgan fingerprint density at radius 3 is 2.72 bits per heavy atom. The van der Waals surface area contributed by atoms with Crippen LogP contribution in [0.2, 0.25) is 0 Å². The summed E-state index contributed by atoms with van der Waals surface area (Å²) in [5.74, 6) is -1.47. The molecule has 1 saturated heterocycles. The van der Waals surface area contributed by atoms with Crippen molar-refractivity contribution >= 4 is 29.5 Å². The molecule has 1 aliphatic heterocycles. The van der Waals surface area contributed by atoms with Crippen molar-refractivity contribution in [2.75, 3.05) is 6.61 Å². The van der Waals surface area contributed by atoms with Gasteiger partial charge in [-0.2, -0.15) is 0 Å². The molecule has 3 fully saturated rings. The van der Waals surface area contributed by atoms with Gasteiger partial charge in [-0.05, 0) is 49.2 Å². The maximum atomic E-state index is 13.6. The van der Waals surface area contributed by atoms with Crippen LogP contribution in [0.15, 0.2) is 34.1 Å². The SMILES string of the molecule is CC(=O)OC[C@]12/C(=C/Cl)CCC[C@@H]1[C@@]1(C[C@H](c3ccoc3)OC1=O)[C@H](C)C[C@@H]2OC(C)=O. The van der Waals surface area contributed by atoms with Gasteiger partial charge in [0.05, 0.1) is 23.4 Å². The van der Waals surface area contributed by atoms with E-state index in [0.717, 1.165) is 17.6 Å². The largest absolute Gasteiger partial charge is 0.472 e. The van der Waals surface area contributed by atoms with Crippen molar-refractivity contribution in [1.82, 2.24) is 0 Å². The molecular weight excluding hydrogens is 436 g/mol. The fraction of sp³-hybridized carbons (Fsp3) is 0.625. The van der Waals surface area contributed by atoms with Crippen LogP contribution < -0.4 is 0 Å². The Morgan fingerprint density at radius 2 is 2.09 bits per heavy atom. The van der Waals surface area contributed by atoms with E-state index >= 15 is 0 Å². The predicted octanol–water partition coefficient (Wildman–Crippen LogP) is 4.70. The Morgan fingerprint density at radius 1 is 1.31 bits per heavy atom. The topological polar surface area (TPSA) is 92.0 Å². The van der Waals surface area contributed by atoms with Gasteiger partial charge < -0.3 is 18.6 Å². The van der Waals surface area contributed by atoms with Gasteiger partial charge in [-0.15, -0.1) is 0 Å². The smallest absolute Gasteiger partial charge is 0.313 e. The summed E-state index contributed by atoms with van der Waals surface area (Å²) in [5.41, 5.74) is 1.50. The van der Waals surface area contributed by atoms with Crippen molar-refractivity contribution in [2.24, 2.45) is 22.7 Å². The zero-order valence-electron chi connectivity index (χ0n) is 18.6. The lowest BCUT2D eigenvalue weighted by atomic mass is 9.44. The van der Waals surface area contributed by atoms with Crippen molar-refractivity contribution in [3.8, 4) is 0 Å². The quantitative estimate of drug-likeness (QED) is 0.471. The molecule has 0 aromatic carbocycles. The van der Waals surface area contributed by atoms with Gasteiger partial charge in [0.15, 0.2) is 0 Å². The summed E-state index contributed by atoms with van der Waals surface area (Å²) in [4.78, 5) is 37.5. The van der Waals surface area contributed by atoms with Crippen LogP contribution in [-0.2, 0) is 28.6 Å². The summed E-state index contributed by atoms with van der Waals surface area (Å²) in [6.07, 6.45) is 5.35. The molecule has 2 aliphatic carbocycles. The number of halogens is 1. The van der Waals surface area contributed by atoms with Gasteiger partial charge in [0, 0.05) is 31.4 Å². The lowest BCUT2D eigenvalue weighted by molar-refractivity contribution is -0.197. The molecule has 174 valence electrons. The monoisotopic (exact) mass is 464 g/mol. The number of carbonyl (C=O) groups excluding carboxylic acids is 3. The van der Waals surface area contributed by atoms with E-state index in [2.05, 4.69) is 0 Å². The summed E-state index contributed by atoms with van der Waals surface area (Å²) in [7, 11) is 0. The predicted molar refractivity (Wildman–Crippen MR) is 114 cm³/mol. The number of rotatable bonds is 4. The van der Waals surface area contributed by atoms with Gasteiger partial charge in [-0.25, -0.2) is 0 Å². The Balaban J connectivity index is 1.84. The molecule has 1 aromatic heterocycles. The molecule has 2 heterocycles. The summed E-state index contributed by atoms with van der Waals surface area (Å²) >= 11 is 6.31. The summed E-state index contributed by atoms with van der Waals surface area (Å²) in [6.45, 7) is 4.74. The maximum Gasteiger partial charge on any atom is 0.313 e. The normalized spacial score (nSPS) is 37.8. The van der Waals surface area contributed by atoms with Crippen molar-refractivity contribution in [2.45, 2.75) is 65.1 Å². The number of hydrogen-bond acceptors (Lipinski definition) is 7. The first-order valence-electron chi connectivity index (χ1n) is 11.1. The first-order valence-corrected chi connectivity index (χ1v) is 11.5. The lowest BCUT2D eigenvalue weighted by Crippen LogP contribution is -2.63. The lowest BCUT2D eigenvalue weighted by Gasteiger charge is -2.59. The first-order chi connectivity index (χ1) is 15.3. The summed E-state index contributed by atoms with van der Waals surface area (Å²) in [5, 5.41) is 0. The Labute approximate surface area is 192 Å². The van der Waals surface area contributed by atoms with E-state index in [-0.39, 0.29) is 24.4 Å². The van der Waals surface area contributed by atoms with Crippen LogP contribution in [0.1, 0.15) is 64.5 Å². The van der Waals surface area contributed by atoms with Crippen LogP contribution >= 0.6 is 11.6 Å². The minimum Gasteiger partial charge on any atom is -0.472 e. The molecule has 0 amide bonds. The highest BCUT2D eigenvalue weighted by Gasteiger charge is 2.70. The number of esters is 3. The third-order valence-electron chi connectivity index (χ3n) is 7.82. The Kier molecular flexibility index (Phi) is 6.14. The molecule has 3 aliphatic rings. The summed E-state index contributed by atoms with van der Waals surface area (Å²) in [6, 6.07) is 1.81. The van der Waals surface area contributed by atoms with Crippen molar-refractivity contribution in [1.29, 1.82) is 0 Å². The fourth-order valence-electron chi connectivity index (χ4n) is 6.46. The second kappa shape index (κ2) is 8.58. The number of ether oxygens (including phenoxy) is 3. The zero-order chi connectivity index (χ0) is 23.1. The number of hydrogen-bond donors (Lipinski definition) is 0. The standard InChI is InChI=1S/C24H29ClO7/c1-14-9-21(31-16(3)27)24(13-30-15(2)26)18(11-25)5-4-6-20(24)23(14)10-19(32-22(23)28)17-7-8-29-12-17/h7-8,11-12,14,19-21H,4-6,9-10,13H2,1-3H3/b18-11+/t14-,19-,20-,21+,23-,24+/m1/s1.